The molecule has 0 aliphatic carbocycles. The molecule has 0 saturated heterocycles. The van der Waals surface area contributed by atoms with Crippen LogP contribution in [0.5, 0.6) is 5.75 Å². The molecule has 33 heavy (non-hydrogen) atoms. The van der Waals surface area contributed by atoms with Crippen LogP contribution in [0.4, 0.5) is 5.69 Å². The van der Waals surface area contributed by atoms with Crippen LogP contribution in [0.2, 0.25) is 0 Å². The number of nitro groups is 1. The number of ether oxygens (including phenoxy) is 1. The van der Waals surface area contributed by atoms with Gasteiger partial charge in [0.2, 0.25) is 0 Å². The lowest BCUT2D eigenvalue weighted by atomic mass is 10.1. The molecule has 0 spiro atoms. The minimum atomic E-state index is -0.491. The smallest absolute Gasteiger partial charge is 0.269 e. The summed E-state index contributed by atoms with van der Waals surface area (Å²) in [5.74, 6) is -0.0247. The first kappa shape index (κ1) is 23.7. The first-order chi connectivity index (χ1) is 15.9. The number of nitro benzene ring substituents is 1. The van der Waals surface area contributed by atoms with Gasteiger partial charge in [-0.25, -0.2) is 0 Å². The Hall–Kier alpha value is -3.96. The maximum Gasteiger partial charge on any atom is 0.269 e. The summed E-state index contributed by atoms with van der Waals surface area (Å²) < 4.78 is 6.63. The fraction of sp³-hybridized carbons (Fsp3) is 0.120. The maximum atomic E-state index is 12.7. The van der Waals surface area contributed by atoms with Crippen molar-refractivity contribution in [3.8, 4) is 11.8 Å². The molecular formula is C25H20BrN3O4. The average molecular weight is 506 g/mol. The molecule has 0 heterocycles. The number of non-ortho nitro benzene ring substituents is 1. The van der Waals surface area contributed by atoms with Crippen molar-refractivity contribution in [2.75, 3.05) is 0 Å². The molecule has 0 unspecified atom stereocenters. The highest BCUT2D eigenvalue weighted by Crippen LogP contribution is 2.27. The number of nitriles is 1. The van der Waals surface area contributed by atoms with Crippen LogP contribution in [0, 0.1) is 21.4 Å². The highest BCUT2D eigenvalue weighted by molar-refractivity contribution is 9.10. The lowest BCUT2D eigenvalue weighted by Crippen LogP contribution is -2.27. The summed E-state index contributed by atoms with van der Waals surface area (Å²) in [6.07, 6.45) is 1.48. The molecule has 8 heteroatoms. The molecular weight excluding hydrogens is 486 g/mol. The Kier molecular flexibility index (Phi) is 7.95. The van der Waals surface area contributed by atoms with Crippen LogP contribution >= 0.6 is 15.9 Å². The van der Waals surface area contributed by atoms with E-state index in [1.165, 1.54) is 18.2 Å². The number of carbonyl (C=O) groups excluding carboxylic acids is 1. The van der Waals surface area contributed by atoms with Crippen LogP contribution in [-0.2, 0) is 11.4 Å². The number of hydrogen-bond acceptors (Lipinski definition) is 5. The van der Waals surface area contributed by atoms with Crippen molar-refractivity contribution >= 4 is 33.6 Å². The van der Waals surface area contributed by atoms with Crippen LogP contribution in [0.3, 0.4) is 0 Å². The summed E-state index contributed by atoms with van der Waals surface area (Å²) in [6.45, 7) is 2.01. The van der Waals surface area contributed by atoms with E-state index in [9.17, 15) is 20.2 Å². The van der Waals surface area contributed by atoms with Crippen LogP contribution in [0.25, 0.3) is 6.08 Å². The van der Waals surface area contributed by atoms with Crippen molar-refractivity contribution in [1.29, 1.82) is 5.26 Å². The Morgan fingerprint density at radius 1 is 1.18 bits per heavy atom. The number of nitrogens with zero attached hydrogens (tertiary/aromatic N) is 2. The van der Waals surface area contributed by atoms with E-state index in [1.54, 1.807) is 30.3 Å². The van der Waals surface area contributed by atoms with Gasteiger partial charge in [-0.3, -0.25) is 14.9 Å². The molecule has 0 bridgehead atoms. The molecule has 3 aromatic carbocycles. The topological polar surface area (TPSA) is 105 Å². The Morgan fingerprint density at radius 3 is 2.52 bits per heavy atom. The van der Waals surface area contributed by atoms with Crippen molar-refractivity contribution in [2.45, 2.75) is 19.6 Å². The quantitative estimate of drug-likeness (QED) is 0.182. The number of rotatable bonds is 8. The monoisotopic (exact) mass is 505 g/mol. The van der Waals surface area contributed by atoms with E-state index in [1.807, 2.05) is 43.3 Å². The third-order valence-electron chi connectivity index (χ3n) is 4.83. The van der Waals surface area contributed by atoms with Gasteiger partial charge in [-0.05, 0) is 54.5 Å². The number of amides is 1. The standard InChI is InChI=1S/C25H20BrN3O4/c1-17(19-5-3-2-4-6-19)28-25(30)21(15-27)13-20-14-22(26)9-12-24(20)33-16-18-7-10-23(11-8-18)29(31)32/h2-14,17H,16H2,1H3,(H,28,30)/b21-13-/t17-/m1/s1. The van der Waals surface area contributed by atoms with Gasteiger partial charge in [-0.1, -0.05) is 46.3 Å². The molecule has 0 aromatic heterocycles. The van der Waals surface area contributed by atoms with Crippen molar-refractivity contribution in [2.24, 2.45) is 0 Å². The van der Waals surface area contributed by atoms with E-state index in [4.69, 9.17) is 4.74 Å². The minimum Gasteiger partial charge on any atom is -0.488 e. The van der Waals surface area contributed by atoms with E-state index in [-0.39, 0.29) is 23.9 Å². The summed E-state index contributed by atoms with van der Waals surface area (Å²) in [5.41, 5.74) is 2.16. The van der Waals surface area contributed by atoms with Gasteiger partial charge < -0.3 is 10.1 Å². The van der Waals surface area contributed by atoms with Crippen LogP contribution < -0.4 is 10.1 Å². The molecule has 7 nitrogen and oxygen atoms in total. The predicted molar refractivity (Wildman–Crippen MR) is 128 cm³/mol. The third-order valence-corrected chi connectivity index (χ3v) is 5.32. The number of nitrogens with one attached hydrogen (secondary N) is 1. The van der Waals surface area contributed by atoms with E-state index in [0.717, 1.165) is 15.6 Å². The van der Waals surface area contributed by atoms with E-state index in [0.29, 0.717) is 11.3 Å². The lowest BCUT2D eigenvalue weighted by Gasteiger charge is -2.14. The van der Waals surface area contributed by atoms with Crippen LogP contribution in [0.15, 0.2) is 82.8 Å². The summed E-state index contributed by atoms with van der Waals surface area (Å²) in [4.78, 5) is 23.1. The molecule has 0 fully saturated rings. The normalized spacial score (nSPS) is 11.8. The number of hydrogen-bond donors (Lipinski definition) is 1. The van der Waals surface area contributed by atoms with Gasteiger partial charge in [-0.2, -0.15) is 5.26 Å². The zero-order chi connectivity index (χ0) is 23.8. The van der Waals surface area contributed by atoms with E-state index < -0.39 is 10.8 Å². The molecule has 1 atom stereocenters. The number of halogens is 1. The molecule has 0 aliphatic rings. The Bertz CT molecular complexity index is 1220. The molecule has 1 amide bonds. The van der Waals surface area contributed by atoms with Gasteiger partial charge in [0.05, 0.1) is 11.0 Å². The highest BCUT2D eigenvalue weighted by Gasteiger charge is 2.15. The van der Waals surface area contributed by atoms with Crippen molar-refractivity contribution in [3.05, 3.63) is 110 Å². The number of carbonyl (C=O) groups is 1. The summed E-state index contributed by atoms with van der Waals surface area (Å²) in [6, 6.07) is 22.5. The van der Waals surface area contributed by atoms with Gasteiger partial charge in [-0.15, -0.1) is 0 Å². The van der Waals surface area contributed by atoms with Crippen LogP contribution in [0.1, 0.15) is 29.7 Å². The number of benzene rings is 3. The van der Waals surface area contributed by atoms with Gasteiger partial charge in [0, 0.05) is 22.2 Å². The Balaban J connectivity index is 1.78. The van der Waals surface area contributed by atoms with Gasteiger partial charge in [0.15, 0.2) is 0 Å². The Morgan fingerprint density at radius 2 is 1.88 bits per heavy atom. The molecule has 3 aromatic rings. The minimum absolute atomic E-state index is 0.000388. The molecule has 1 N–H and O–H groups in total. The molecule has 166 valence electrons. The largest absolute Gasteiger partial charge is 0.488 e. The highest BCUT2D eigenvalue weighted by atomic mass is 79.9. The second kappa shape index (κ2) is 11.1. The van der Waals surface area contributed by atoms with E-state index >= 15 is 0 Å². The molecule has 3 rings (SSSR count). The fourth-order valence-electron chi connectivity index (χ4n) is 3.04. The zero-order valence-corrected chi connectivity index (χ0v) is 19.3. The SMILES string of the molecule is C[C@@H](NC(=O)/C(C#N)=C\c1cc(Br)ccc1OCc1ccc([N+](=O)[O-])cc1)c1ccccc1. The van der Waals surface area contributed by atoms with Gasteiger partial charge in [0.1, 0.15) is 24.0 Å². The third kappa shape index (κ3) is 6.51. The summed E-state index contributed by atoms with van der Waals surface area (Å²) in [5, 5.41) is 23.2. The summed E-state index contributed by atoms with van der Waals surface area (Å²) >= 11 is 3.40. The van der Waals surface area contributed by atoms with Gasteiger partial charge in [0.25, 0.3) is 11.6 Å². The first-order valence-corrected chi connectivity index (χ1v) is 10.8. The second-order valence-corrected chi connectivity index (χ2v) is 8.09. The fourth-order valence-corrected chi connectivity index (χ4v) is 3.42. The summed E-state index contributed by atoms with van der Waals surface area (Å²) in [7, 11) is 0. The van der Waals surface area contributed by atoms with E-state index in [2.05, 4.69) is 21.2 Å². The molecule has 0 radical (unpaired) electrons. The first-order valence-electron chi connectivity index (χ1n) is 10.0. The average Bonchev–Trinajstić information content (AvgIpc) is 2.82. The second-order valence-electron chi connectivity index (χ2n) is 7.17. The van der Waals surface area contributed by atoms with Crippen molar-refractivity contribution in [3.63, 3.8) is 0 Å². The zero-order valence-electron chi connectivity index (χ0n) is 17.7. The van der Waals surface area contributed by atoms with Crippen molar-refractivity contribution < 1.29 is 14.5 Å². The Labute approximate surface area is 199 Å². The predicted octanol–water partition coefficient (Wildman–Crippen LogP) is 5.72. The van der Waals surface area contributed by atoms with Gasteiger partial charge >= 0.3 is 0 Å². The van der Waals surface area contributed by atoms with Crippen molar-refractivity contribution in [1.82, 2.24) is 5.32 Å². The van der Waals surface area contributed by atoms with Crippen LogP contribution in [-0.4, -0.2) is 10.8 Å². The lowest BCUT2D eigenvalue weighted by molar-refractivity contribution is -0.384. The molecule has 0 aliphatic heterocycles. The molecule has 0 saturated carbocycles. The maximum absolute atomic E-state index is 12.7.